The molecule has 22 heavy (non-hydrogen) atoms. The van der Waals surface area contributed by atoms with E-state index >= 15 is 0 Å². The molecule has 0 aromatic heterocycles. The van der Waals surface area contributed by atoms with E-state index in [2.05, 4.69) is 16.1 Å². The number of halogens is 8. The Morgan fingerprint density at radius 1 is 1.23 bits per heavy atom. The SMILES string of the molecule is C=C(C(=O)OC1(C)COC(O)(C(F)(F)F)C1(F)F)C(F)(F)F. The zero-order valence-corrected chi connectivity index (χ0v) is 10.6. The van der Waals surface area contributed by atoms with Gasteiger partial charge in [0.05, 0.1) is 6.61 Å². The Morgan fingerprint density at radius 3 is 2.00 bits per heavy atom. The summed E-state index contributed by atoms with van der Waals surface area (Å²) in [6.07, 6.45) is -11.3. The zero-order chi connectivity index (χ0) is 17.8. The van der Waals surface area contributed by atoms with Gasteiger partial charge in [0.15, 0.2) is 0 Å². The van der Waals surface area contributed by atoms with Gasteiger partial charge in [0.1, 0.15) is 5.57 Å². The topological polar surface area (TPSA) is 55.8 Å². The van der Waals surface area contributed by atoms with Crippen molar-refractivity contribution in [2.24, 2.45) is 0 Å². The van der Waals surface area contributed by atoms with Gasteiger partial charge in [-0.25, -0.2) is 4.79 Å². The standard InChI is InChI=1S/C10H8F8O4/c1-4(7(11,12)13)5(19)22-6(2)3-21-9(20,8(6,14)15)10(16,17)18/h20H,1,3H2,2H3. The van der Waals surface area contributed by atoms with Crippen molar-refractivity contribution in [2.75, 3.05) is 6.61 Å². The Balaban J connectivity index is 3.12. The summed E-state index contributed by atoms with van der Waals surface area (Å²) in [4.78, 5) is 11.1. The van der Waals surface area contributed by atoms with E-state index in [1.54, 1.807) is 0 Å². The number of ether oxygens (including phenoxy) is 2. The molecule has 1 aliphatic heterocycles. The molecule has 1 saturated heterocycles. The van der Waals surface area contributed by atoms with Crippen LogP contribution in [0.1, 0.15) is 6.92 Å². The number of hydrogen-bond donors (Lipinski definition) is 1. The van der Waals surface area contributed by atoms with E-state index in [9.17, 15) is 39.9 Å². The fourth-order valence-electron chi connectivity index (χ4n) is 1.52. The zero-order valence-electron chi connectivity index (χ0n) is 10.6. The lowest BCUT2D eigenvalue weighted by molar-refractivity contribution is -0.409. The summed E-state index contributed by atoms with van der Waals surface area (Å²) in [7, 11) is 0. The normalized spacial score (nSPS) is 31.9. The van der Waals surface area contributed by atoms with Crippen LogP contribution in [0.25, 0.3) is 0 Å². The molecule has 1 aliphatic rings. The minimum atomic E-state index is -5.98. The monoisotopic (exact) mass is 344 g/mol. The highest BCUT2D eigenvalue weighted by Gasteiger charge is 2.82. The molecule has 0 spiro atoms. The van der Waals surface area contributed by atoms with Crippen molar-refractivity contribution in [2.45, 2.75) is 36.6 Å². The lowest BCUT2D eigenvalue weighted by Gasteiger charge is -2.35. The molecule has 128 valence electrons. The molecule has 4 nitrogen and oxygen atoms in total. The summed E-state index contributed by atoms with van der Waals surface area (Å²) in [5.74, 6) is -12.7. The second-order valence-electron chi connectivity index (χ2n) is 4.60. The number of alkyl halides is 8. The quantitative estimate of drug-likeness (QED) is 0.475. The lowest BCUT2D eigenvalue weighted by Crippen LogP contribution is -2.63. The van der Waals surface area contributed by atoms with E-state index in [4.69, 9.17) is 5.11 Å². The van der Waals surface area contributed by atoms with E-state index in [-0.39, 0.29) is 6.92 Å². The molecule has 0 radical (unpaired) electrons. The number of esters is 1. The highest BCUT2D eigenvalue weighted by atomic mass is 19.4. The van der Waals surface area contributed by atoms with Crippen molar-refractivity contribution < 1.29 is 54.5 Å². The first kappa shape index (κ1) is 18.6. The van der Waals surface area contributed by atoms with Gasteiger partial charge in [-0.2, -0.15) is 35.1 Å². The van der Waals surface area contributed by atoms with Crippen LogP contribution in [0.2, 0.25) is 0 Å². The van der Waals surface area contributed by atoms with Crippen LogP contribution in [0.15, 0.2) is 12.2 Å². The first-order valence-corrected chi connectivity index (χ1v) is 5.30. The summed E-state index contributed by atoms with van der Waals surface area (Å²) in [6, 6.07) is 0. The van der Waals surface area contributed by atoms with Gasteiger partial charge in [-0.1, -0.05) is 6.58 Å². The Morgan fingerprint density at radius 2 is 1.68 bits per heavy atom. The number of aliphatic hydroxyl groups is 1. The van der Waals surface area contributed by atoms with Gasteiger partial charge in [-0.3, -0.25) is 0 Å². The van der Waals surface area contributed by atoms with Gasteiger partial charge < -0.3 is 14.6 Å². The lowest BCUT2D eigenvalue weighted by atomic mass is 9.94. The molecule has 0 aromatic carbocycles. The first-order chi connectivity index (χ1) is 9.50. The van der Waals surface area contributed by atoms with E-state index in [1.165, 1.54) is 0 Å². The molecular weight excluding hydrogens is 336 g/mol. The molecule has 0 saturated carbocycles. The number of carbonyl (C=O) groups excluding carboxylic acids is 1. The van der Waals surface area contributed by atoms with Crippen molar-refractivity contribution in [1.29, 1.82) is 0 Å². The second kappa shape index (κ2) is 4.78. The Kier molecular flexibility index (Phi) is 4.05. The van der Waals surface area contributed by atoms with Crippen molar-refractivity contribution in [3.63, 3.8) is 0 Å². The third-order valence-electron chi connectivity index (χ3n) is 2.94. The Hall–Kier alpha value is -1.43. The molecule has 2 unspecified atom stereocenters. The number of rotatable bonds is 2. The Bertz CT molecular complexity index is 496. The molecule has 2 atom stereocenters. The van der Waals surface area contributed by atoms with Crippen LogP contribution in [0.4, 0.5) is 35.1 Å². The van der Waals surface area contributed by atoms with Crippen LogP contribution in [0.5, 0.6) is 0 Å². The maximum absolute atomic E-state index is 13.8. The van der Waals surface area contributed by atoms with Crippen LogP contribution >= 0.6 is 0 Å². The molecule has 0 bridgehead atoms. The van der Waals surface area contributed by atoms with Crippen LogP contribution in [0, 0.1) is 0 Å². The van der Waals surface area contributed by atoms with Gasteiger partial charge in [0, 0.05) is 0 Å². The minimum Gasteiger partial charge on any atom is -0.447 e. The molecule has 0 aromatic rings. The largest absolute Gasteiger partial charge is 0.449 e. The molecular formula is C10H8F8O4. The Labute approximate surface area is 117 Å². The smallest absolute Gasteiger partial charge is 0.447 e. The first-order valence-electron chi connectivity index (χ1n) is 5.30. The van der Waals surface area contributed by atoms with Gasteiger partial charge in [0.25, 0.3) is 0 Å². The predicted octanol–water partition coefficient (Wildman–Crippen LogP) is 2.32. The van der Waals surface area contributed by atoms with Crippen LogP contribution in [-0.2, 0) is 14.3 Å². The fourth-order valence-corrected chi connectivity index (χ4v) is 1.52. The van der Waals surface area contributed by atoms with Gasteiger partial charge >= 0.3 is 30.0 Å². The average Bonchev–Trinajstić information content (AvgIpc) is 2.48. The van der Waals surface area contributed by atoms with Crippen molar-refractivity contribution in [3.8, 4) is 0 Å². The van der Waals surface area contributed by atoms with Crippen LogP contribution < -0.4 is 0 Å². The number of carbonyl (C=O) groups is 1. The second-order valence-corrected chi connectivity index (χ2v) is 4.60. The molecule has 1 fully saturated rings. The van der Waals surface area contributed by atoms with E-state index in [0.29, 0.717) is 0 Å². The average molecular weight is 344 g/mol. The molecule has 0 amide bonds. The molecule has 0 aliphatic carbocycles. The van der Waals surface area contributed by atoms with Crippen molar-refractivity contribution in [3.05, 3.63) is 12.2 Å². The fraction of sp³-hybridized carbons (Fsp3) is 0.700. The summed E-state index contributed by atoms with van der Waals surface area (Å²) in [5.41, 5.74) is -5.69. The third kappa shape index (κ3) is 2.53. The molecule has 1 heterocycles. The summed E-state index contributed by atoms with van der Waals surface area (Å²) >= 11 is 0. The highest BCUT2D eigenvalue weighted by molar-refractivity contribution is 5.89. The molecule has 12 heteroatoms. The van der Waals surface area contributed by atoms with Gasteiger partial charge in [-0.05, 0) is 6.92 Å². The molecule has 1 rings (SSSR count). The maximum Gasteiger partial charge on any atom is 0.449 e. The van der Waals surface area contributed by atoms with Crippen molar-refractivity contribution in [1.82, 2.24) is 0 Å². The number of hydrogen-bond acceptors (Lipinski definition) is 4. The summed E-state index contributed by atoms with van der Waals surface area (Å²) in [5, 5.41) is 8.97. The highest BCUT2D eigenvalue weighted by Crippen LogP contribution is 2.54. The van der Waals surface area contributed by atoms with Gasteiger partial charge in [0.2, 0.25) is 5.60 Å². The predicted molar refractivity (Wildman–Crippen MR) is 51.6 cm³/mol. The minimum absolute atomic E-state index is 0.193. The molecule has 1 N–H and O–H groups in total. The summed E-state index contributed by atoms with van der Waals surface area (Å²) in [6.45, 7) is 0.767. The third-order valence-corrected chi connectivity index (χ3v) is 2.94. The van der Waals surface area contributed by atoms with E-state index in [0.717, 1.165) is 0 Å². The van der Waals surface area contributed by atoms with Crippen LogP contribution in [-0.4, -0.2) is 47.3 Å². The van der Waals surface area contributed by atoms with Crippen LogP contribution in [0.3, 0.4) is 0 Å². The van der Waals surface area contributed by atoms with E-state index in [1.807, 2.05) is 0 Å². The van der Waals surface area contributed by atoms with Crippen molar-refractivity contribution >= 4 is 5.97 Å². The summed E-state index contributed by atoms with van der Waals surface area (Å²) < 4.78 is 109. The van der Waals surface area contributed by atoms with E-state index < -0.39 is 47.8 Å². The van der Waals surface area contributed by atoms with Gasteiger partial charge in [-0.15, -0.1) is 0 Å². The maximum atomic E-state index is 13.8.